The predicted octanol–water partition coefficient (Wildman–Crippen LogP) is 1.91. The van der Waals surface area contributed by atoms with Crippen molar-refractivity contribution < 1.29 is 19.1 Å². The van der Waals surface area contributed by atoms with E-state index in [1.54, 1.807) is 47.8 Å². The van der Waals surface area contributed by atoms with Crippen LogP contribution < -0.4 is 5.56 Å². The van der Waals surface area contributed by atoms with Gasteiger partial charge >= 0.3 is 0 Å². The normalized spacial score (nSPS) is 24.0. The molecule has 4 atom stereocenters. The molecule has 0 aliphatic carbocycles. The van der Waals surface area contributed by atoms with Crippen LogP contribution in [0.5, 0.6) is 0 Å². The standard InChI is InChI=1S/C24H26FN3O4/c1-4-5-14-8-11-18-21-20(24(32)26(2)3)17(13-29)19(12-27(18)22(14)30)28(21)23(31)15-6-9-16(25)10-7-15/h4-11,17,19-21,29H,12-13H2,1-3H3/b5-4-/t17-,19-,20+,21+/m0/s1. The summed E-state index contributed by atoms with van der Waals surface area (Å²) >= 11 is 0. The highest BCUT2D eigenvalue weighted by molar-refractivity contribution is 5.96. The van der Waals surface area contributed by atoms with Crippen molar-refractivity contribution in [2.45, 2.75) is 25.6 Å². The number of rotatable bonds is 4. The van der Waals surface area contributed by atoms with Gasteiger partial charge in [0.1, 0.15) is 5.82 Å². The second-order valence-corrected chi connectivity index (χ2v) is 8.47. The number of carbonyl (C=O) groups excluding carboxylic acids is 2. The van der Waals surface area contributed by atoms with E-state index in [2.05, 4.69) is 0 Å². The molecule has 1 aromatic heterocycles. The largest absolute Gasteiger partial charge is 0.396 e. The van der Waals surface area contributed by atoms with Crippen molar-refractivity contribution in [1.29, 1.82) is 0 Å². The van der Waals surface area contributed by atoms with Gasteiger partial charge in [-0.05, 0) is 43.3 Å². The average molecular weight is 439 g/mol. The number of carbonyl (C=O) groups is 2. The first-order chi connectivity index (χ1) is 15.3. The van der Waals surface area contributed by atoms with Crippen LogP contribution in [0.2, 0.25) is 0 Å². The predicted molar refractivity (Wildman–Crippen MR) is 117 cm³/mol. The van der Waals surface area contributed by atoms with E-state index in [0.29, 0.717) is 11.3 Å². The summed E-state index contributed by atoms with van der Waals surface area (Å²) in [7, 11) is 3.26. The summed E-state index contributed by atoms with van der Waals surface area (Å²) in [6.45, 7) is 1.69. The summed E-state index contributed by atoms with van der Waals surface area (Å²) in [6, 6.07) is 7.44. The van der Waals surface area contributed by atoms with Crippen molar-refractivity contribution in [1.82, 2.24) is 14.4 Å². The summed E-state index contributed by atoms with van der Waals surface area (Å²) < 4.78 is 15.0. The number of allylic oxidation sites excluding steroid dienone is 1. The SMILES string of the molecule is C/C=C\c1ccc2n(c1=O)C[C@H]1[C@H](CO)[C@@H](C(=O)N(C)C)[C@@H]2N1C(=O)c1ccc(F)cc1. The molecular formula is C24H26FN3O4. The van der Waals surface area contributed by atoms with Gasteiger partial charge in [-0.1, -0.05) is 12.2 Å². The first-order valence-corrected chi connectivity index (χ1v) is 10.6. The van der Waals surface area contributed by atoms with E-state index >= 15 is 0 Å². The molecule has 2 aliphatic heterocycles. The zero-order valence-electron chi connectivity index (χ0n) is 18.2. The van der Waals surface area contributed by atoms with E-state index < -0.39 is 29.7 Å². The summed E-state index contributed by atoms with van der Waals surface area (Å²) in [5.41, 5.74) is 1.17. The molecule has 2 bridgehead atoms. The van der Waals surface area contributed by atoms with Crippen molar-refractivity contribution in [2.24, 2.45) is 11.8 Å². The summed E-state index contributed by atoms with van der Waals surface area (Å²) in [4.78, 5) is 42.9. The molecule has 4 rings (SSSR count). The van der Waals surface area contributed by atoms with Crippen LogP contribution in [-0.4, -0.2) is 58.0 Å². The molecule has 0 unspecified atom stereocenters. The van der Waals surface area contributed by atoms with Crippen LogP contribution in [0, 0.1) is 17.7 Å². The molecule has 32 heavy (non-hydrogen) atoms. The monoisotopic (exact) mass is 439 g/mol. The molecule has 0 radical (unpaired) electrons. The topological polar surface area (TPSA) is 82.8 Å². The highest BCUT2D eigenvalue weighted by Crippen LogP contribution is 2.49. The maximum absolute atomic E-state index is 13.5. The van der Waals surface area contributed by atoms with E-state index in [-0.39, 0.29) is 36.1 Å². The molecule has 8 heteroatoms. The highest BCUT2D eigenvalue weighted by atomic mass is 19.1. The van der Waals surface area contributed by atoms with Crippen LogP contribution >= 0.6 is 0 Å². The lowest BCUT2D eigenvalue weighted by molar-refractivity contribution is -0.135. The number of aromatic nitrogens is 1. The lowest BCUT2D eigenvalue weighted by atomic mass is 9.86. The minimum Gasteiger partial charge on any atom is -0.396 e. The number of hydrogen-bond acceptors (Lipinski definition) is 4. The van der Waals surface area contributed by atoms with Gasteiger partial charge in [0, 0.05) is 50.0 Å². The minimum absolute atomic E-state index is 0.172. The fourth-order valence-corrected chi connectivity index (χ4v) is 5.03. The fourth-order valence-electron chi connectivity index (χ4n) is 5.03. The molecule has 2 aliphatic rings. The van der Waals surface area contributed by atoms with Gasteiger partial charge in [-0.25, -0.2) is 4.39 Å². The number of benzene rings is 1. The molecule has 168 valence electrons. The van der Waals surface area contributed by atoms with E-state index in [9.17, 15) is 23.9 Å². The zero-order chi connectivity index (χ0) is 23.2. The molecule has 0 spiro atoms. The Labute approximate surface area is 185 Å². The van der Waals surface area contributed by atoms with Gasteiger partial charge in [-0.2, -0.15) is 0 Å². The maximum atomic E-state index is 13.5. The Balaban J connectivity index is 1.90. The van der Waals surface area contributed by atoms with E-state index in [1.807, 2.05) is 6.92 Å². The Morgan fingerprint density at radius 1 is 1.19 bits per heavy atom. The lowest BCUT2D eigenvalue weighted by Crippen LogP contribution is -2.49. The van der Waals surface area contributed by atoms with Crippen LogP contribution in [0.3, 0.4) is 0 Å². The third-order valence-corrected chi connectivity index (χ3v) is 6.47. The van der Waals surface area contributed by atoms with E-state index in [0.717, 1.165) is 0 Å². The van der Waals surface area contributed by atoms with Crippen molar-refractivity contribution in [3.63, 3.8) is 0 Å². The zero-order valence-corrected chi connectivity index (χ0v) is 18.2. The van der Waals surface area contributed by atoms with Gasteiger partial charge in [0.05, 0.1) is 18.0 Å². The van der Waals surface area contributed by atoms with Crippen molar-refractivity contribution >= 4 is 17.9 Å². The number of aliphatic hydroxyl groups excluding tert-OH is 1. The van der Waals surface area contributed by atoms with Crippen molar-refractivity contribution in [3.05, 3.63) is 75.5 Å². The lowest BCUT2D eigenvalue weighted by Gasteiger charge is -2.38. The summed E-state index contributed by atoms with van der Waals surface area (Å²) in [6.07, 6.45) is 3.50. The fraction of sp³-hybridized carbons (Fsp3) is 0.375. The Morgan fingerprint density at radius 3 is 2.47 bits per heavy atom. The molecular weight excluding hydrogens is 413 g/mol. The quantitative estimate of drug-likeness (QED) is 0.789. The van der Waals surface area contributed by atoms with E-state index in [4.69, 9.17) is 0 Å². The highest BCUT2D eigenvalue weighted by Gasteiger charge is 2.57. The molecule has 1 N–H and O–H groups in total. The summed E-state index contributed by atoms with van der Waals surface area (Å²) in [5, 5.41) is 10.3. The summed E-state index contributed by atoms with van der Waals surface area (Å²) in [5.74, 6) is -2.27. The number of aliphatic hydroxyl groups is 1. The van der Waals surface area contributed by atoms with Crippen LogP contribution in [0.15, 0.2) is 47.3 Å². The Bertz CT molecular complexity index is 1140. The average Bonchev–Trinajstić information content (AvgIpc) is 3.01. The van der Waals surface area contributed by atoms with Gasteiger partial charge in [-0.3, -0.25) is 14.4 Å². The molecule has 2 amide bonds. The smallest absolute Gasteiger partial charge is 0.258 e. The molecule has 2 aromatic rings. The van der Waals surface area contributed by atoms with Gasteiger partial charge in [0.15, 0.2) is 0 Å². The first kappa shape index (κ1) is 22.0. The van der Waals surface area contributed by atoms with Crippen LogP contribution in [0.1, 0.15) is 34.6 Å². The Hall–Kier alpha value is -3.26. The van der Waals surface area contributed by atoms with Gasteiger partial charge in [0.2, 0.25) is 5.91 Å². The first-order valence-electron chi connectivity index (χ1n) is 10.6. The van der Waals surface area contributed by atoms with Gasteiger partial charge < -0.3 is 19.5 Å². The number of hydrogen-bond donors (Lipinski definition) is 1. The number of amides is 2. The number of fused-ring (bicyclic) bond motifs is 4. The minimum atomic E-state index is -0.717. The number of halogens is 1. The second kappa shape index (κ2) is 8.35. The van der Waals surface area contributed by atoms with Crippen LogP contribution in [0.25, 0.3) is 6.08 Å². The maximum Gasteiger partial charge on any atom is 0.258 e. The van der Waals surface area contributed by atoms with Crippen molar-refractivity contribution in [2.75, 3.05) is 20.7 Å². The molecule has 1 fully saturated rings. The molecule has 7 nitrogen and oxygen atoms in total. The van der Waals surface area contributed by atoms with Gasteiger partial charge in [-0.15, -0.1) is 0 Å². The van der Waals surface area contributed by atoms with Gasteiger partial charge in [0.25, 0.3) is 11.5 Å². The van der Waals surface area contributed by atoms with Crippen molar-refractivity contribution in [3.8, 4) is 0 Å². The Morgan fingerprint density at radius 2 is 1.88 bits per heavy atom. The Kier molecular flexibility index (Phi) is 5.73. The third kappa shape index (κ3) is 3.35. The molecule has 0 saturated carbocycles. The second-order valence-electron chi connectivity index (χ2n) is 8.47. The third-order valence-electron chi connectivity index (χ3n) is 6.47. The van der Waals surface area contributed by atoms with E-state index in [1.165, 1.54) is 29.2 Å². The molecule has 1 saturated heterocycles. The number of nitrogens with zero attached hydrogens (tertiary/aromatic N) is 3. The van der Waals surface area contributed by atoms with Crippen LogP contribution in [0.4, 0.5) is 4.39 Å². The molecule has 1 aromatic carbocycles. The number of pyridine rings is 1. The molecule has 3 heterocycles. The van der Waals surface area contributed by atoms with Crippen LogP contribution in [-0.2, 0) is 11.3 Å².